The second kappa shape index (κ2) is 9.54. The topological polar surface area (TPSA) is 80.8 Å². The highest BCUT2D eigenvalue weighted by Gasteiger charge is 2.26. The number of sulfonamides is 1. The Morgan fingerprint density at radius 2 is 1.59 bits per heavy atom. The summed E-state index contributed by atoms with van der Waals surface area (Å²) >= 11 is 6.14. The van der Waals surface area contributed by atoms with Gasteiger partial charge in [-0.3, -0.25) is 9.10 Å². The molecule has 0 spiro atoms. The molecule has 0 bridgehead atoms. The summed E-state index contributed by atoms with van der Waals surface area (Å²) in [5.74, 6) is -1.26. The summed E-state index contributed by atoms with van der Waals surface area (Å²) in [7, 11) is -2.54. The van der Waals surface area contributed by atoms with Gasteiger partial charge in [-0.05, 0) is 44.2 Å². The van der Waals surface area contributed by atoms with Gasteiger partial charge in [0.15, 0.2) is 6.10 Å². The standard InChI is InChI=1S/C24H22ClNO5S/c1-16-9-11-18(12-10-16)23(27)17(2)31-24(28)21-15-20(13-14-22(21)25)32(29,30)26(3)19-7-5-4-6-8-19/h4-15,17H,1-3H3/t17-/m0/s1. The summed E-state index contributed by atoms with van der Waals surface area (Å²) in [5, 5.41) is 0.0197. The number of para-hydroxylation sites is 1. The molecule has 0 saturated carbocycles. The molecule has 1 atom stereocenters. The molecule has 0 aromatic heterocycles. The number of hydrogen-bond acceptors (Lipinski definition) is 5. The van der Waals surface area contributed by atoms with Crippen molar-refractivity contribution in [3.8, 4) is 0 Å². The first-order valence-electron chi connectivity index (χ1n) is 9.76. The zero-order valence-corrected chi connectivity index (χ0v) is 19.4. The second-order valence-corrected chi connectivity index (χ2v) is 9.60. The Kier molecular flexibility index (Phi) is 7.01. The number of anilines is 1. The number of benzene rings is 3. The predicted octanol–water partition coefficient (Wildman–Crippen LogP) is 4.90. The van der Waals surface area contributed by atoms with Crippen LogP contribution in [0.3, 0.4) is 0 Å². The van der Waals surface area contributed by atoms with Crippen LogP contribution in [-0.2, 0) is 14.8 Å². The van der Waals surface area contributed by atoms with Crippen LogP contribution in [0.2, 0.25) is 5.02 Å². The van der Waals surface area contributed by atoms with Crippen LogP contribution in [0, 0.1) is 6.92 Å². The quantitative estimate of drug-likeness (QED) is 0.361. The fourth-order valence-electron chi connectivity index (χ4n) is 2.99. The van der Waals surface area contributed by atoms with E-state index in [1.807, 2.05) is 6.92 Å². The molecule has 8 heteroatoms. The van der Waals surface area contributed by atoms with Crippen LogP contribution in [0.5, 0.6) is 0 Å². The highest BCUT2D eigenvalue weighted by Crippen LogP contribution is 2.26. The molecule has 166 valence electrons. The van der Waals surface area contributed by atoms with Gasteiger partial charge in [0.2, 0.25) is 5.78 Å². The molecule has 0 aliphatic carbocycles. The number of carbonyl (C=O) groups is 2. The van der Waals surface area contributed by atoms with E-state index in [9.17, 15) is 18.0 Å². The van der Waals surface area contributed by atoms with E-state index in [0.29, 0.717) is 11.3 Å². The van der Waals surface area contributed by atoms with E-state index in [1.165, 1.54) is 26.1 Å². The number of aryl methyl sites for hydroxylation is 1. The Balaban J connectivity index is 1.84. The van der Waals surface area contributed by atoms with E-state index < -0.39 is 22.1 Å². The number of ketones is 1. The minimum atomic E-state index is -3.96. The van der Waals surface area contributed by atoms with Gasteiger partial charge in [-0.25, -0.2) is 13.2 Å². The smallest absolute Gasteiger partial charge is 0.340 e. The van der Waals surface area contributed by atoms with Gasteiger partial charge >= 0.3 is 5.97 Å². The van der Waals surface area contributed by atoms with Gasteiger partial charge in [0, 0.05) is 12.6 Å². The Morgan fingerprint density at radius 3 is 2.22 bits per heavy atom. The summed E-state index contributed by atoms with van der Waals surface area (Å²) in [6.07, 6.45) is -1.08. The zero-order valence-electron chi connectivity index (χ0n) is 17.8. The summed E-state index contributed by atoms with van der Waals surface area (Å²) < 4.78 is 32.5. The van der Waals surface area contributed by atoms with Gasteiger partial charge in [-0.1, -0.05) is 59.6 Å². The number of rotatable bonds is 7. The molecule has 0 fully saturated rings. The molecule has 0 aliphatic heterocycles. The van der Waals surface area contributed by atoms with E-state index in [-0.39, 0.29) is 21.3 Å². The Morgan fingerprint density at radius 1 is 0.969 bits per heavy atom. The molecule has 3 aromatic carbocycles. The van der Waals surface area contributed by atoms with Crippen molar-refractivity contribution in [3.05, 3.63) is 94.5 Å². The third kappa shape index (κ3) is 5.00. The molecular formula is C24H22ClNO5S. The highest BCUT2D eigenvalue weighted by atomic mass is 35.5. The van der Waals surface area contributed by atoms with Gasteiger partial charge in [0.05, 0.1) is 21.2 Å². The van der Waals surface area contributed by atoms with Gasteiger partial charge in [-0.15, -0.1) is 0 Å². The number of nitrogens with zero attached hydrogens (tertiary/aromatic N) is 1. The average Bonchev–Trinajstić information content (AvgIpc) is 2.79. The van der Waals surface area contributed by atoms with E-state index in [1.54, 1.807) is 54.6 Å². The van der Waals surface area contributed by atoms with E-state index in [0.717, 1.165) is 15.9 Å². The first-order valence-corrected chi connectivity index (χ1v) is 11.6. The molecule has 0 heterocycles. The monoisotopic (exact) mass is 471 g/mol. The Labute approximate surface area is 192 Å². The summed E-state index contributed by atoms with van der Waals surface area (Å²) in [6.45, 7) is 3.35. The average molecular weight is 472 g/mol. The highest BCUT2D eigenvalue weighted by molar-refractivity contribution is 7.92. The predicted molar refractivity (Wildman–Crippen MR) is 124 cm³/mol. The minimum Gasteiger partial charge on any atom is -0.451 e. The van der Waals surface area contributed by atoms with Crippen molar-refractivity contribution in [1.29, 1.82) is 0 Å². The number of esters is 1. The van der Waals surface area contributed by atoms with Gasteiger partial charge in [0.25, 0.3) is 10.0 Å². The molecule has 0 radical (unpaired) electrons. The van der Waals surface area contributed by atoms with Crippen molar-refractivity contribution in [3.63, 3.8) is 0 Å². The van der Waals surface area contributed by atoms with Crippen molar-refractivity contribution in [2.45, 2.75) is 24.8 Å². The molecule has 0 amide bonds. The van der Waals surface area contributed by atoms with E-state index in [4.69, 9.17) is 16.3 Å². The number of carbonyl (C=O) groups excluding carboxylic acids is 2. The number of hydrogen-bond donors (Lipinski definition) is 0. The van der Waals surface area contributed by atoms with Crippen LogP contribution in [0.15, 0.2) is 77.7 Å². The summed E-state index contributed by atoms with van der Waals surface area (Å²) in [4.78, 5) is 25.2. The van der Waals surface area contributed by atoms with Gasteiger partial charge in [0.1, 0.15) is 0 Å². The Bertz CT molecular complexity index is 1240. The number of halogens is 1. The van der Waals surface area contributed by atoms with E-state index in [2.05, 4.69) is 0 Å². The van der Waals surface area contributed by atoms with Crippen LogP contribution in [-0.4, -0.2) is 33.3 Å². The first kappa shape index (κ1) is 23.5. The fraction of sp³-hybridized carbons (Fsp3) is 0.167. The number of Topliss-reactive ketones (excluding diaryl/α,β-unsaturated/α-hetero) is 1. The fourth-order valence-corrected chi connectivity index (χ4v) is 4.40. The lowest BCUT2D eigenvalue weighted by Crippen LogP contribution is -2.27. The molecule has 3 rings (SSSR count). The molecule has 6 nitrogen and oxygen atoms in total. The van der Waals surface area contributed by atoms with Gasteiger partial charge in [-0.2, -0.15) is 0 Å². The number of ether oxygens (including phenoxy) is 1. The molecule has 0 aliphatic rings. The van der Waals surface area contributed by atoms with Crippen molar-refractivity contribution >= 4 is 39.1 Å². The maximum Gasteiger partial charge on any atom is 0.340 e. The second-order valence-electron chi connectivity index (χ2n) is 7.23. The minimum absolute atomic E-state index is 0.0197. The zero-order chi connectivity index (χ0) is 23.5. The molecule has 32 heavy (non-hydrogen) atoms. The lowest BCUT2D eigenvalue weighted by molar-refractivity contribution is 0.0318. The van der Waals surface area contributed by atoms with Crippen LogP contribution < -0.4 is 4.31 Å². The van der Waals surface area contributed by atoms with Crippen molar-refractivity contribution in [1.82, 2.24) is 0 Å². The molecule has 3 aromatic rings. The maximum atomic E-state index is 13.0. The summed E-state index contributed by atoms with van der Waals surface area (Å²) in [6, 6.07) is 19.2. The third-order valence-corrected chi connectivity index (χ3v) is 7.04. The van der Waals surface area contributed by atoms with Crippen LogP contribution >= 0.6 is 11.6 Å². The SMILES string of the molecule is Cc1ccc(C(=O)[C@H](C)OC(=O)c2cc(S(=O)(=O)N(C)c3ccccc3)ccc2Cl)cc1. The summed E-state index contributed by atoms with van der Waals surface area (Å²) in [5.41, 5.74) is 1.72. The van der Waals surface area contributed by atoms with Crippen LogP contribution in [0.25, 0.3) is 0 Å². The molecular weight excluding hydrogens is 450 g/mol. The lowest BCUT2D eigenvalue weighted by Gasteiger charge is -2.20. The maximum absolute atomic E-state index is 13.0. The third-order valence-electron chi connectivity index (χ3n) is 4.93. The van der Waals surface area contributed by atoms with Gasteiger partial charge < -0.3 is 4.74 Å². The molecule has 0 unspecified atom stereocenters. The van der Waals surface area contributed by atoms with Crippen LogP contribution in [0.1, 0.15) is 33.2 Å². The van der Waals surface area contributed by atoms with Crippen molar-refractivity contribution in [2.24, 2.45) is 0 Å². The van der Waals surface area contributed by atoms with Crippen molar-refractivity contribution in [2.75, 3.05) is 11.4 Å². The first-order chi connectivity index (χ1) is 15.1. The van der Waals surface area contributed by atoms with Crippen LogP contribution in [0.4, 0.5) is 5.69 Å². The molecule has 0 N–H and O–H groups in total. The Hall–Kier alpha value is -3.16. The van der Waals surface area contributed by atoms with Crippen molar-refractivity contribution < 1.29 is 22.7 Å². The lowest BCUT2D eigenvalue weighted by atomic mass is 10.1. The normalized spacial score (nSPS) is 12.1. The van der Waals surface area contributed by atoms with E-state index >= 15 is 0 Å². The molecule has 0 saturated heterocycles. The largest absolute Gasteiger partial charge is 0.451 e.